The van der Waals surface area contributed by atoms with E-state index >= 15 is 0 Å². The number of nitrogens with one attached hydrogen (secondary N) is 2. The summed E-state index contributed by atoms with van der Waals surface area (Å²) in [6.07, 6.45) is 1.89. The Kier molecular flexibility index (Phi) is 12.0. The molecule has 1 atom stereocenters. The monoisotopic (exact) mass is 364 g/mol. The summed E-state index contributed by atoms with van der Waals surface area (Å²) in [6, 6.07) is 0. The highest BCUT2D eigenvalue weighted by atomic mass is 32.2. The maximum atomic E-state index is 11.7. The molecule has 0 aliphatic rings. The first-order chi connectivity index (χ1) is 11.3. The molecule has 0 aliphatic carbocycles. The fourth-order valence-corrected chi connectivity index (χ4v) is 3.09. The Labute approximate surface area is 148 Å². The normalized spacial score (nSPS) is 14.2. The van der Waals surface area contributed by atoms with E-state index in [1.807, 2.05) is 6.92 Å². The first kappa shape index (κ1) is 23.1. The van der Waals surface area contributed by atoms with Crippen molar-refractivity contribution in [3.05, 3.63) is 0 Å². The highest BCUT2D eigenvalue weighted by Gasteiger charge is 2.14. The minimum absolute atomic E-state index is 0.136. The van der Waals surface area contributed by atoms with Gasteiger partial charge in [0.2, 0.25) is 10.0 Å². The highest BCUT2D eigenvalue weighted by Crippen LogP contribution is 2.09. The van der Waals surface area contributed by atoms with Crippen LogP contribution in [-0.4, -0.2) is 70.9 Å². The van der Waals surface area contributed by atoms with Gasteiger partial charge >= 0.3 is 0 Å². The first-order valence-electron chi connectivity index (χ1n) is 8.78. The van der Waals surface area contributed by atoms with Gasteiger partial charge in [0.15, 0.2) is 5.96 Å². The number of ether oxygens (including phenoxy) is 1. The molecule has 0 aromatic heterocycles. The van der Waals surface area contributed by atoms with Gasteiger partial charge in [0.05, 0.1) is 11.9 Å². The standard InChI is InChI=1S/C16H36N4O3S/c1-7-23-15(14(3)4)10-12-19-16(17-5)18-11-9-13-20(6)24(21,22)8-2/h14-15H,7-13H2,1-6H3,(H2,17,18,19). The zero-order chi connectivity index (χ0) is 18.6. The summed E-state index contributed by atoms with van der Waals surface area (Å²) in [4.78, 5) is 4.18. The molecule has 0 radical (unpaired) electrons. The molecule has 24 heavy (non-hydrogen) atoms. The van der Waals surface area contributed by atoms with Crippen LogP contribution in [0.2, 0.25) is 0 Å². The second-order valence-electron chi connectivity index (χ2n) is 6.03. The zero-order valence-corrected chi connectivity index (χ0v) is 16.9. The SMILES string of the molecule is CCOC(CCNC(=NC)NCCCN(C)S(=O)(=O)CC)C(C)C. The predicted octanol–water partition coefficient (Wildman–Crippen LogP) is 1.27. The van der Waals surface area contributed by atoms with E-state index < -0.39 is 10.0 Å². The molecule has 8 heteroatoms. The lowest BCUT2D eigenvalue weighted by atomic mass is 10.0. The minimum Gasteiger partial charge on any atom is -0.378 e. The molecular formula is C16H36N4O3S. The van der Waals surface area contributed by atoms with E-state index in [2.05, 4.69) is 29.5 Å². The van der Waals surface area contributed by atoms with Gasteiger partial charge in [0, 0.05) is 40.3 Å². The molecule has 0 aliphatic heterocycles. The van der Waals surface area contributed by atoms with Crippen LogP contribution in [0.5, 0.6) is 0 Å². The quantitative estimate of drug-likeness (QED) is 0.310. The third-order valence-corrected chi connectivity index (χ3v) is 5.71. The van der Waals surface area contributed by atoms with E-state index in [9.17, 15) is 8.42 Å². The molecule has 0 spiro atoms. The highest BCUT2D eigenvalue weighted by molar-refractivity contribution is 7.89. The summed E-state index contributed by atoms with van der Waals surface area (Å²) in [5.41, 5.74) is 0. The van der Waals surface area contributed by atoms with Crippen molar-refractivity contribution in [1.29, 1.82) is 0 Å². The molecule has 0 fully saturated rings. The van der Waals surface area contributed by atoms with Crippen molar-refractivity contribution < 1.29 is 13.2 Å². The van der Waals surface area contributed by atoms with Crippen LogP contribution in [0.3, 0.4) is 0 Å². The van der Waals surface area contributed by atoms with Crippen molar-refractivity contribution in [3.63, 3.8) is 0 Å². The van der Waals surface area contributed by atoms with Gasteiger partial charge in [0.25, 0.3) is 0 Å². The second-order valence-corrected chi connectivity index (χ2v) is 8.39. The number of nitrogens with zero attached hydrogens (tertiary/aromatic N) is 2. The Hall–Kier alpha value is -0.860. The molecule has 0 amide bonds. The molecule has 0 heterocycles. The van der Waals surface area contributed by atoms with Crippen LogP contribution >= 0.6 is 0 Å². The van der Waals surface area contributed by atoms with E-state index in [-0.39, 0.29) is 11.9 Å². The summed E-state index contributed by atoms with van der Waals surface area (Å²) in [5.74, 6) is 1.35. The first-order valence-corrected chi connectivity index (χ1v) is 10.4. The lowest BCUT2D eigenvalue weighted by Crippen LogP contribution is -2.40. The van der Waals surface area contributed by atoms with Crippen molar-refractivity contribution >= 4 is 16.0 Å². The van der Waals surface area contributed by atoms with E-state index in [1.165, 1.54) is 4.31 Å². The summed E-state index contributed by atoms with van der Waals surface area (Å²) >= 11 is 0. The Morgan fingerprint density at radius 2 is 1.83 bits per heavy atom. The second kappa shape index (κ2) is 12.5. The Morgan fingerprint density at radius 3 is 2.33 bits per heavy atom. The third-order valence-electron chi connectivity index (χ3n) is 3.85. The average molecular weight is 365 g/mol. The summed E-state index contributed by atoms with van der Waals surface area (Å²) in [5, 5.41) is 6.48. The molecule has 0 saturated heterocycles. The van der Waals surface area contributed by atoms with E-state index in [0.29, 0.717) is 19.0 Å². The smallest absolute Gasteiger partial charge is 0.213 e. The largest absolute Gasteiger partial charge is 0.378 e. The van der Waals surface area contributed by atoms with Crippen molar-refractivity contribution in [1.82, 2.24) is 14.9 Å². The lowest BCUT2D eigenvalue weighted by molar-refractivity contribution is 0.0258. The molecule has 144 valence electrons. The molecule has 0 saturated carbocycles. The van der Waals surface area contributed by atoms with Gasteiger partial charge in [-0.1, -0.05) is 13.8 Å². The topological polar surface area (TPSA) is 83.0 Å². The van der Waals surface area contributed by atoms with Crippen LogP contribution < -0.4 is 10.6 Å². The fraction of sp³-hybridized carbons (Fsp3) is 0.938. The summed E-state index contributed by atoms with van der Waals surface area (Å²) < 4.78 is 30.4. The number of hydrogen-bond donors (Lipinski definition) is 2. The maximum Gasteiger partial charge on any atom is 0.213 e. The van der Waals surface area contributed by atoms with Gasteiger partial charge in [0.1, 0.15) is 0 Å². The minimum atomic E-state index is -3.10. The number of hydrogen-bond acceptors (Lipinski definition) is 4. The number of aliphatic imine (C=N–C) groups is 1. The van der Waals surface area contributed by atoms with Gasteiger partial charge in [-0.3, -0.25) is 4.99 Å². The average Bonchev–Trinajstić information content (AvgIpc) is 2.55. The lowest BCUT2D eigenvalue weighted by Gasteiger charge is -2.21. The van der Waals surface area contributed by atoms with Crippen molar-refractivity contribution in [2.24, 2.45) is 10.9 Å². The summed E-state index contributed by atoms with van der Waals surface area (Å²) in [6.45, 7) is 10.7. The molecule has 7 nitrogen and oxygen atoms in total. The van der Waals surface area contributed by atoms with Gasteiger partial charge in [-0.05, 0) is 32.6 Å². The van der Waals surface area contributed by atoms with E-state index in [1.54, 1.807) is 21.0 Å². The predicted molar refractivity (Wildman–Crippen MR) is 101 cm³/mol. The Balaban J connectivity index is 4.05. The van der Waals surface area contributed by atoms with Crippen LogP contribution in [-0.2, 0) is 14.8 Å². The van der Waals surface area contributed by atoms with Gasteiger partial charge in [-0.15, -0.1) is 0 Å². The zero-order valence-electron chi connectivity index (χ0n) is 16.1. The molecule has 0 bridgehead atoms. The molecule has 2 N–H and O–H groups in total. The van der Waals surface area contributed by atoms with Crippen LogP contribution in [0.15, 0.2) is 4.99 Å². The van der Waals surface area contributed by atoms with Crippen molar-refractivity contribution in [2.75, 3.05) is 46.1 Å². The van der Waals surface area contributed by atoms with Crippen molar-refractivity contribution in [2.45, 2.75) is 46.6 Å². The van der Waals surface area contributed by atoms with Gasteiger partial charge in [-0.25, -0.2) is 12.7 Å². The molecular weight excluding hydrogens is 328 g/mol. The third kappa shape index (κ3) is 9.44. The van der Waals surface area contributed by atoms with E-state index in [0.717, 1.165) is 32.0 Å². The van der Waals surface area contributed by atoms with Crippen LogP contribution in [0.25, 0.3) is 0 Å². The number of rotatable bonds is 12. The summed E-state index contributed by atoms with van der Waals surface area (Å²) in [7, 11) is 0.248. The van der Waals surface area contributed by atoms with E-state index in [4.69, 9.17) is 4.74 Å². The number of sulfonamides is 1. The molecule has 0 aromatic rings. The van der Waals surface area contributed by atoms with Crippen molar-refractivity contribution in [3.8, 4) is 0 Å². The Morgan fingerprint density at radius 1 is 1.21 bits per heavy atom. The van der Waals surface area contributed by atoms with Crippen LogP contribution in [0.1, 0.15) is 40.5 Å². The number of guanidine groups is 1. The maximum absolute atomic E-state index is 11.7. The van der Waals surface area contributed by atoms with Gasteiger partial charge < -0.3 is 15.4 Å². The molecule has 1 unspecified atom stereocenters. The van der Waals surface area contributed by atoms with Gasteiger partial charge in [-0.2, -0.15) is 0 Å². The Bertz CT molecular complexity index is 452. The van der Waals surface area contributed by atoms with Crippen LogP contribution in [0.4, 0.5) is 0 Å². The van der Waals surface area contributed by atoms with Crippen LogP contribution in [0, 0.1) is 5.92 Å². The molecule has 0 rings (SSSR count). The fourth-order valence-electron chi connectivity index (χ4n) is 2.24. The molecule has 0 aromatic carbocycles.